The van der Waals surface area contributed by atoms with Crippen molar-refractivity contribution in [1.29, 1.82) is 0 Å². The number of hydrogen-bond donors (Lipinski definition) is 0. The van der Waals surface area contributed by atoms with Crippen LogP contribution in [0.25, 0.3) is 0 Å². The first kappa shape index (κ1) is 26.3. The molecule has 1 aromatic rings. The largest absolute Gasteiger partial charge is 0.417 e. The molecule has 4 nitrogen and oxygen atoms in total. The van der Waals surface area contributed by atoms with E-state index in [0.717, 1.165) is 31.2 Å². The number of benzene rings is 1. The zero-order chi connectivity index (χ0) is 23.5. The summed E-state index contributed by atoms with van der Waals surface area (Å²) in [5.41, 5.74) is 2.59. The number of aryl methyl sites for hydroxylation is 1. The summed E-state index contributed by atoms with van der Waals surface area (Å²) in [4.78, 5) is 0.221. The van der Waals surface area contributed by atoms with Crippen LogP contribution in [0, 0.1) is 18.3 Å². The molecule has 1 atom stereocenters. The Labute approximate surface area is 191 Å². The fourth-order valence-electron chi connectivity index (χ4n) is 3.61. The van der Waals surface area contributed by atoms with E-state index in [4.69, 9.17) is 8.61 Å². The first-order valence-corrected chi connectivity index (χ1v) is 15.7. The second kappa shape index (κ2) is 9.90. The Morgan fingerprint density at radius 1 is 1.13 bits per heavy atom. The van der Waals surface area contributed by atoms with Gasteiger partial charge in [0.25, 0.3) is 10.1 Å². The summed E-state index contributed by atoms with van der Waals surface area (Å²) >= 11 is 0. The zero-order valence-corrected chi connectivity index (χ0v) is 22.6. The van der Waals surface area contributed by atoms with Crippen LogP contribution < -0.4 is 0 Å². The molecule has 1 unspecified atom stereocenters. The van der Waals surface area contributed by atoms with Gasteiger partial charge in [0.05, 0.1) is 11.5 Å². The standard InChI is InChI=1S/C25H42O4SSi/c1-20-11-13-23(14-12-20)30(26,27)28-19-22(21-15-16-25(5,6)18-21)10-9-17-29-31(7,8)24(2,3)4/h11-15,22H,9-10,16-19H2,1-8H3. The van der Waals surface area contributed by atoms with E-state index in [9.17, 15) is 8.42 Å². The Hall–Kier alpha value is -0.953. The topological polar surface area (TPSA) is 52.6 Å². The molecule has 0 aliphatic heterocycles. The van der Waals surface area contributed by atoms with Gasteiger partial charge in [-0.3, -0.25) is 4.18 Å². The molecule has 0 saturated heterocycles. The fraction of sp³-hybridized carbons (Fsp3) is 0.680. The van der Waals surface area contributed by atoms with Crippen LogP contribution in [0.15, 0.2) is 40.8 Å². The van der Waals surface area contributed by atoms with E-state index in [0.29, 0.717) is 6.61 Å². The number of rotatable bonds is 10. The Balaban J connectivity index is 2.02. The smallest absolute Gasteiger partial charge is 0.296 e. The van der Waals surface area contributed by atoms with Gasteiger partial charge in [0.2, 0.25) is 0 Å². The minimum atomic E-state index is -3.76. The highest BCUT2D eigenvalue weighted by Gasteiger charge is 2.37. The van der Waals surface area contributed by atoms with E-state index in [2.05, 4.69) is 53.8 Å². The molecule has 31 heavy (non-hydrogen) atoms. The van der Waals surface area contributed by atoms with Gasteiger partial charge in [0, 0.05) is 12.5 Å². The SMILES string of the molecule is Cc1ccc(S(=O)(=O)OCC(CCCO[Si](C)(C)C(C)(C)C)C2=CCC(C)(C)C2)cc1. The van der Waals surface area contributed by atoms with Crippen LogP contribution in [-0.2, 0) is 18.7 Å². The molecule has 0 saturated carbocycles. The van der Waals surface area contributed by atoms with Gasteiger partial charge in [-0.15, -0.1) is 0 Å². The van der Waals surface area contributed by atoms with E-state index in [1.807, 2.05) is 6.92 Å². The van der Waals surface area contributed by atoms with E-state index >= 15 is 0 Å². The molecular formula is C25H42O4SSi. The highest BCUT2D eigenvalue weighted by atomic mass is 32.2. The molecule has 0 heterocycles. The molecule has 1 aliphatic rings. The summed E-state index contributed by atoms with van der Waals surface area (Å²) < 4.78 is 37.3. The minimum absolute atomic E-state index is 0.102. The minimum Gasteiger partial charge on any atom is -0.417 e. The Bertz CT molecular complexity index is 862. The van der Waals surface area contributed by atoms with Crippen molar-refractivity contribution in [1.82, 2.24) is 0 Å². The maximum absolute atomic E-state index is 12.7. The summed E-state index contributed by atoms with van der Waals surface area (Å²) in [5.74, 6) is 0.102. The first-order valence-electron chi connectivity index (χ1n) is 11.4. The number of allylic oxidation sites excluding steroid dienone is 1. The molecule has 2 rings (SSSR count). The van der Waals surface area contributed by atoms with E-state index in [-0.39, 0.29) is 27.9 Å². The predicted octanol–water partition coefficient (Wildman–Crippen LogP) is 6.86. The van der Waals surface area contributed by atoms with Gasteiger partial charge in [0.15, 0.2) is 8.32 Å². The lowest BCUT2D eigenvalue weighted by Crippen LogP contribution is -2.41. The van der Waals surface area contributed by atoms with Crippen LogP contribution in [0.2, 0.25) is 18.1 Å². The number of hydrogen-bond acceptors (Lipinski definition) is 4. The highest BCUT2D eigenvalue weighted by Crippen LogP contribution is 2.41. The molecule has 176 valence electrons. The summed E-state index contributed by atoms with van der Waals surface area (Å²) in [7, 11) is -5.53. The van der Waals surface area contributed by atoms with Gasteiger partial charge in [-0.25, -0.2) is 0 Å². The molecule has 0 aromatic heterocycles. The van der Waals surface area contributed by atoms with Crippen LogP contribution in [0.4, 0.5) is 0 Å². The van der Waals surface area contributed by atoms with Crippen molar-refractivity contribution in [3.05, 3.63) is 41.5 Å². The summed E-state index contributed by atoms with van der Waals surface area (Å²) in [6.45, 7) is 18.6. The summed E-state index contributed by atoms with van der Waals surface area (Å²) in [6.07, 6.45) is 6.10. The zero-order valence-electron chi connectivity index (χ0n) is 20.7. The molecule has 0 bridgehead atoms. The molecule has 0 radical (unpaired) electrons. The molecule has 0 fully saturated rings. The van der Waals surface area contributed by atoms with Crippen molar-refractivity contribution in [2.75, 3.05) is 13.2 Å². The monoisotopic (exact) mass is 466 g/mol. The Morgan fingerprint density at radius 2 is 1.74 bits per heavy atom. The fourth-order valence-corrected chi connectivity index (χ4v) is 5.65. The van der Waals surface area contributed by atoms with Crippen LogP contribution in [0.5, 0.6) is 0 Å². The van der Waals surface area contributed by atoms with Gasteiger partial charge in [-0.05, 0) is 68.3 Å². The molecule has 0 spiro atoms. The third kappa shape index (κ3) is 7.55. The maximum atomic E-state index is 12.7. The van der Waals surface area contributed by atoms with Gasteiger partial charge in [-0.2, -0.15) is 8.42 Å². The first-order chi connectivity index (χ1) is 14.1. The third-order valence-electron chi connectivity index (χ3n) is 6.82. The molecule has 1 aromatic carbocycles. The van der Waals surface area contributed by atoms with Crippen molar-refractivity contribution in [3.8, 4) is 0 Å². The van der Waals surface area contributed by atoms with Gasteiger partial charge >= 0.3 is 0 Å². The quantitative estimate of drug-likeness (QED) is 0.163. The molecule has 0 amide bonds. The molecular weight excluding hydrogens is 424 g/mol. The van der Waals surface area contributed by atoms with Crippen LogP contribution in [0.1, 0.15) is 65.9 Å². The van der Waals surface area contributed by atoms with E-state index in [1.165, 1.54) is 5.57 Å². The van der Waals surface area contributed by atoms with Crippen LogP contribution in [0.3, 0.4) is 0 Å². The van der Waals surface area contributed by atoms with Gasteiger partial charge in [0.1, 0.15) is 0 Å². The molecule has 1 aliphatic carbocycles. The average Bonchev–Trinajstić information content (AvgIpc) is 3.00. The van der Waals surface area contributed by atoms with Crippen LogP contribution in [-0.4, -0.2) is 29.9 Å². The lowest BCUT2D eigenvalue weighted by Gasteiger charge is -2.36. The van der Waals surface area contributed by atoms with Crippen molar-refractivity contribution in [2.24, 2.45) is 11.3 Å². The second-order valence-electron chi connectivity index (χ2n) is 11.3. The summed E-state index contributed by atoms with van der Waals surface area (Å²) in [6, 6.07) is 6.83. The average molecular weight is 467 g/mol. The van der Waals surface area contributed by atoms with E-state index in [1.54, 1.807) is 24.3 Å². The molecule has 0 N–H and O–H groups in total. The normalized spacial score (nSPS) is 18.1. The van der Waals surface area contributed by atoms with Gasteiger partial charge < -0.3 is 4.43 Å². The lowest BCUT2D eigenvalue weighted by atomic mass is 9.85. The highest BCUT2D eigenvalue weighted by molar-refractivity contribution is 7.86. The predicted molar refractivity (Wildman–Crippen MR) is 131 cm³/mol. The third-order valence-corrected chi connectivity index (χ3v) is 12.7. The Morgan fingerprint density at radius 3 is 2.26 bits per heavy atom. The van der Waals surface area contributed by atoms with E-state index < -0.39 is 18.4 Å². The van der Waals surface area contributed by atoms with Crippen molar-refractivity contribution in [3.63, 3.8) is 0 Å². The Kier molecular flexibility index (Phi) is 8.40. The second-order valence-corrected chi connectivity index (χ2v) is 17.7. The lowest BCUT2D eigenvalue weighted by molar-refractivity contribution is 0.233. The maximum Gasteiger partial charge on any atom is 0.296 e. The molecule has 6 heteroatoms. The van der Waals surface area contributed by atoms with Crippen molar-refractivity contribution < 1.29 is 17.0 Å². The summed E-state index contributed by atoms with van der Waals surface area (Å²) in [5, 5.41) is 0.190. The van der Waals surface area contributed by atoms with Gasteiger partial charge in [-0.1, -0.05) is 64.0 Å². The van der Waals surface area contributed by atoms with Crippen LogP contribution >= 0.6 is 0 Å². The van der Waals surface area contributed by atoms with Crippen molar-refractivity contribution >= 4 is 18.4 Å². The van der Waals surface area contributed by atoms with Crippen molar-refractivity contribution in [2.45, 2.75) is 90.3 Å².